The van der Waals surface area contributed by atoms with Crippen molar-refractivity contribution in [2.45, 2.75) is 33.1 Å². The summed E-state index contributed by atoms with van der Waals surface area (Å²) in [6.45, 7) is 8.10. The molecule has 0 saturated heterocycles. The Balaban J connectivity index is 3.18. The van der Waals surface area contributed by atoms with Gasteiger partial charge in [0.2, 0.25) is 11.8 Å². The number of rotatable bonds is 18. The molecular weight excluding hydrogens is 328 g/mol. The largest absolute Gasteiger partial charge is 0.381 e. The highest BCUT2D eigenvalue weighted by molar-refractivity contribution is 5.75. The van der Waals surface area contributed by atoms with Crippen LogP contribution in [0.2, 0.25) is 0 Å². The van der Waals surface area contributed by atoms with Crippen molar-refractivity contribution < 1.29 is 28.5 Å². The van der Waals surface area contributed by atoms with Crippen LogP contribution in [0, 0.1) is 5.92 Å². The van der Waals surface area contributed by atoms with Crippen molar-refractivity contribution in [2.75, 3.05) is 59.4 Å². The number of nitrogens with two attached hydrogens (primary N) is 1. The lowest BCUT2D eigenvalue weighted by molar-refractivity contribution is -0.123. The standard InChI is InChI=1S/C17H34N2O6/c1-15(2)5-8-22-7-3-4-17(21)19-6-9-23-10-11-24-12-13-25-14-16(18)20/h15H,3-14H2,1-2H3,(H2,18,20)(H,19,21). The lowest BCUT2D eigenvalue weighted by Gasteiger charge is -2.08. The summed E-state index contributed by atoms with van der Waals surface area (Å²) < 4.78 is 21.0. The Morgan fingerprint density at radius 1 is 0.880 bits per heavy atom. The maximum absolute atomic E-state index is 11.6. The van der Waals surface area contributed by atoms with Crippen LogP contribution >= 0.6 is 0 Å². The maximum Gasteiger partial charge on any atom is 0.243 e. The summed E-state index contributed by atoms with van der Waals surface area (Å²) in [5, 5.41) is 2.80. The average molecular weight is 362 g/mol. The van der Waals surface area contributed by atoms with Crippen molar-refractivity contribution >= 4 is 11.8 Å². The molecule has 8 nitrogen and oxygen atoms in total. The zero-order chi connectivity index (χ0) is 18.8. The van der Waals surface area contributed by atoms with Crippen molar-refractivity contribution in [2.24, 2.45) is 11.7 Å². The Bertz CT molecular complexity index is 339. The van der Waals surface area contributed by atoms with Crippen LogP contribution in [0.3, 0.4) is 0 Å². The minimum Gasteiger partial charge on any atom is -0.381 e. The van der Waals surface area contributed by atoms with E-state index in [1.54, 1.807) is 0 Å². The Labute approximate surface area is 150 Å². The van der Waals surface area contributed by atoms with Gasteiger partial charge in [-0.05, 0) is 18.8 Å². The van der Waals surface area contributed by atoms with E-state index >= 15 is 0 Å². The van der Waals surface area contributed by atoms with E-state index in [1.807, 2.05) is 0 Å². The zero-order valence-electron chi connectivity index (χ0n) is 15.6. The molecule has 0 fully saturated rings. The van der Waals surface area contributed by atoms with Gasteiger partial charge in [-0.25, -0.2) is 0 Å². The second kappa shape index (κ2) is 17.6. The third-order valence-corrected chi connectivity index (χ3v) is 3.09. The molecule has 2 amide bonds. The fourth-order valence-corrected chi connectivity index (χ4v) is 1.72. The van der Waals surface area contributed by atoms with Gasteiger partial charge in [-0.3, -0.25) is 9.59 Å². The van der Waals surface area contributed by atoms with Gasteiger partial charge in [0.05, 0.1) is 33.0 Å². The third-order valence-electron chi connectivity index (χ3n) is 3.09. The van der Waals surface area contributed by atoms with Crippen molar-refractivity contribution in [1.29, 1.82) is 0 Å². The van der Waals surface area contributed by atoms with Gasteiger partial charge in [-0.1, -0.05) is 13.8 Å². The van der Waals surface area contributed by atoms with Crippen molar-refractivity contribution in [3.63, 3.8) is 0 Å². The zero-order valence-corrected chi connectivity index (χ0v) is 15.6. The van der Waals surface area contributed by atoms with Gasteiger partial charge in [-0.2, -0.15) is 0 Å². The summed E-state index contributed by atoms with van der Waals surface area (Å²) in [7, 11) is 0. The minimum absolute atomic E-state index is 0.0129. The van der Waals surface area contributed by atoms with Crippen LogP contribution in [0.1, 0.15) is 33.1 Å². The second-order valence-electron chi connectivity index (χ2n) is 5.99. The van der Waals surface area contributed by atoms with Gasteiger partial charge in [-0.15, -0.1) is 0 Å². The SMILES string of the molecule is CC(C)CCOCCCC(=O)NCCOCCOCCOCC(N)=O. The third kappa shape index (κ3) is 20.7. The Hall–Kier alpha value is -1.22. The number of carbonyl (C=O) groups is 2. The van der Waals surface area contributed by atoms with Crippen LogP contribution < -0.4 is 11.1 Å². The van der Waals surface area contributed by atoms with Gasteiger partial charge < -0.3 is 30.0 Å². The van der Waals surface area contributed by atoms with Crippen LogP contribution in [0.25, 0.3) is 0 Å². The summed E-state index contributed by atoms with van der Waals surface area (Å²) in [6.07, 6.45) is 2.25. The summed E-state index contributed by atoms with van der Waals surface area (Å²) in [6, 6.07) is 0. The predicted molar refractivity (Wildman–Crippen MR) is 94.2 cm³/mol. The molecule has 0 aliphatic carbocycles. The van der Waals surface area contributed by atoms with Crippen molar-refractivity contribution in [3.8, 4) is 0 Å². The first-order valence-electron chi connectivity index (χ1n) is 8.88. The molecule has 0 aromatic carbocycles. The van der Waals surface area contributed by atoms with Crippen LogP contribution in [0.15, 0.2) is 0 Å². The van der Waals surface area contributed by atoms with E-state index in [0.717, 1.165) is 19.4 Å². The van der Waals surface area contributed by atoms with Crippen LogP contribution in [-0.2, 0) is 28.5 Å². The van der Waals surface area contributed by atoms with E-state index in [1.165, 1.54) is 0 Å². The van der Waals surface area contributed by atoms with Crippen LogP contribution in [0.5, 0.6) is 0 Å². The molecule has 0 aromatic rings. The monoisotopic (exact) mass is 362 g/mol. The van der Waals surface area contributed by atoms with Crippen molar-refractivity contribution in [3.05, 3.63) is 0 Å². The molecule has 0 radical (unpaired) electrons. The molecule has 0 spiro atoms. The fraction of sp³-hybridized carbons (Fsp3) is 0.882. The number of hydrogen-bond acceptors (Lipinski definition) is 6. The van der Waals surface area contributed by atoms with E-state index in [4.69, 9.17) is 24.7 Å². The Morgan fingerprint density at radius 3 is 2.12 bits per heavy atom. The van der Waals surface area contributed by atoms with Crippen LogP contribution in [0.4, 0.5) is 0 Å². The van der Waals surface area contributed by atoms with E-state index in [-0.39, 0.29) is 12.5 Å². The summed E-state index contributed by atoms with van der Waals surface area (Å²) in [5.74, 6) is 0.159. The average Bonchev–Trinajstić information content (AvgIpc) is 2.55. The molecule has 0 heterocycles. The van der Waals surface area contributed by atoms with E-state index in [2.05, 4.69) is 19.2 Å². The Kier molecular flexibility index (Phi) is 16.7. The molecule has 0 rings (SSSR count). The van der Waals surface area contributed by atoms with E-state index < -0.39 is 5.91 Å². The van der Waals surface area contributed by atoms with Gasteiger partial charge in [0, 0.05) is 26.2 Å². The smallest absolute Gasteiger partial charge is 0.243 e. The Morgan fingerprint density at radius 2 is 1.48 bits per heavy atom. The van der Waals surface area contributed by atoms with Gasteiger partial charge in [0.1, 0.15) is 6.61 Å². The number of amides is 2. The van der Waals surface area contributed by atoms with E-state index in [0.29, 0.717) is 58.5 Å². The first-order chi connectivity index (χ1) is 12.0. The first kappa shape index (κ1) is 23.8. The lowest BCUT2D eigenvalue weighted by atomic mass is 10.1. The molecular formula is C17H34N2O6. The number of carbonyl (C=O) groups excluding carboxylic acids is 2. The molecule has 0 bridgehead atoms. The molecule has 0 aromatic heterocycles. The number of nitrogens with one attached hydrogen (secondary N) is 1. The number of primary amides is 1. The number of ether oxygens (including phenoxy) is 4. The highest BCUT2D eigenvalue weighted by Gasteiger charge is 2.01. The predicted octanol–water partition coefficient (Wildman–Crippen LogP) is 0.481. The summed E-state index contributed by atoms with van der Waals surface area (Å²) in [4.78, 5) is 22.0. The molecule has 148 valence electrons. The highest BCUT2D eigenvalue weighted by atomic mass is 16.5. The molecule has 0 aliphatic heterocycles. The molecule has 3 N–H and O–H groups in total. The van der Waals surface area contributed by atoms with Gasteiger partial charge in [0.15, 0.2) is 0 Å². The summed E-state index contributed by atoms with van der Waals surface area (Å²) >= 11 is 0. The minimum atomic E-state index is -0.496. The van der Waals surface area contributed by atoms with Gasteiger partial charge >= 0.3 is 0 Å². The molecule has 0 saturated carbocycles. The quantitative estimate of drug-likeness (QED) is 0.343. The van der Waals surface area contributed by atoms with Gasteiger partial charge in [0.25, 0.3) is 0 Å². The highest BCUT2D eigenvalue weighted by Crippen LogP contribution is 1.99. The van der Waals surface area contributed by atoms with E-state index in [9.17, 15) is 9.59 Å². The van der Waals surface area contributed by atoms with Crippen LogP contribution in [-0.4, -0.2) is 71.2 Å². The first-order valence-corrected chi connectivity index (χ1v) is 8.88. The molecule has 0 aliphatic rings. The maximum atomic E-state index is 11.6. The topological polar surface area (TPSA) is 109 Å². The normalized spacial score (nSPS) is 11.0. The molecule has 25 heavy (non-hydrogen) atoms. The lowest BCUT2D eigenvalue weighted by Crippen LogP contribution is -2.27. The molecule has 0 unspecified atom stereocenters. The molecule has 0 atom stereocenters. The molecule has 8 heteroatoms. The van der Waals surface area contributed by atoms with Crippen molar-refractivity contribution in [1.82, 2.24) is 5.32 Å². The summed E-state index contributed by atoms with van der Waals surface area (Å²) in [5.41, 5.74) is 4.92. The number of hydrogen-bond donors (Lipinski definition) is 2. The second-order valence-corrected chi connectivity index (χ2v) is 5.99. The fourth-order valence-electron chi connectivity index (χ4n) is 1.72.